The molecule has 2 saturated heterocycles. The van der Waals surface area contributed by atoms with E-state index in [9.17, 15) is 0 Å². The lowest BCUT2D eigenvalue weighted by Crippen LogP contribution is -2.41. The monoisotopic (exact) mass is 184 g/mol. The van der Waals surface area contributed by atoms with Gasteiger partial charge in [0.2, 0.25) is 0 Å². The van der Waals surface area contributed by atoms with Gasteiger partial charge in [0.15, 0.2) is 0 Å². The number of morpholine rings is 1. The number of rotatable bonds is 2. The predicted octanol–water partition coefficient (Wildman–Crippen LogP) is 0.318. The normalized spacial score (nSPS) is 27.7. The van der Waals surface area contributed by atoms with Gasteiger partial charge in [0, 0.05) is 19.6 Å². The van der Waals surface area contributed by atoms with Crippen molar-refractivity contribution in [2.24, 2.45) is 5.92 Å². The van der Waals surface area contributed by atoms with Crippen LogP contribution < -0.4 is 5.32 Å². The molecule has 13 heavy (non-hydrogen) atoms. The van der Waals surface area contributed by atoms with Crippen molar-refractivity contribution < 1.29 is 4.74 Å². The van der Waals surface area contributed by atoms with Crippen LogP contribution in [-0.2, 0) is 4.74 Å². The van der Waals surface area contributed by atoms with E-state index in [1.54, 1.807) is 0 Å². The third-order valence-corrected chi connectivity index (χ3v) is 3.08. The Morgan fingerprint density at radius 2 is 1.85 bits per heavy atom. The molecule has 3 heteroatoms. The van der Waals surface area contributed by atoms with Crippen LogP contribution in [0.1, 0.15) is 12.8 Å². The lowest BCUT2D eigenvalue weighted by atomic mass is 9.97. The first kappa shape index (κ1) is 9.44. The van der Waals surface area contributed by atoms with Gasteiger partial charge >= 0.3 is 0 Å². The number of ether oxygens (including phenoxy) is 1. The average Bonchev–Trinajstić information content (AvgIpc) is 2.21. The first-order valence-electron chi connectivity index (χ1n) is 5.46. The van der Waals surface area contributed by atoms with Crippen LogP contribution in [0.2, 0.25) is 0 Å². The first-order chi connectivity index (χ1) is 6.45. The summed E-state index contributed by atoms with van der Waals surface area (Å²) in [5.74, 6) is 0.930. The Morgan fingerprint density at radius 3 is 2.54 bits per heavy atom. The highest BCUT2D eigenvalue weighted by Crippen LogP contribution is 2.13. The van der Waals surface area contributed by atoms with Crippen LogP contribution in [0.4, 0.5) is 0 Å². The van der Waals surface area contributed by atoms with Crippen LogP contribution in [0.3, 0.4) is 0 Å². The Bertz CT molecular complexity index is 124. The second kappa shape index (κ2) is 4.94. The number of nitrogens with zero attached hydrogens (tertiary/aromatic N) is 1. The van der Waals surface area contributed by atoms with Crippen molar-refractivity contribution in [3.63, 3.8) is 0 Å². The fourth-order valence-corrected chi connectivity index (χ4v) is 2.21. The molecule has 0 spiro atoms. The van der Waals surface area contributed by atoms with Crippen molar-refractivity contribution in [2.75, 3.05) is 45.9 Å². The molecule has 76 valence electrons. The van der Waals surface area contributed by atoms with E-state index in [0.29, 0.717) is 0 Å². The van der Waals surface area contributed by atoms with Crippen LogP contribution in [0.5, 0.6) is 0 Å². The predicted molar refractivity (Wildman–Crippen MR) is 52.9 cm³/mol. The number of nitrogens with one attached hydrogen (secondary N) is 1. The van der Waals surface area contributed by atoms with Crippen LogP contribution in [-0.4, -0.2) is 50.8 Å². The van der Waals surface area contributed by atoms with E-state index in [4.69, 9.17) is 4.74 Å². The highest BCUT2D eigenvalue weighted by atomic mass is 16.5. The highest BCUT2D eigenvalue weighted by Gasteiger charge is 2.18. The van der Waals surface area contributed by atoms with E-state index in [0.717, 1.165) is 32.2 Å². The molecular weight excluding hydrogens is 164 g/mol. The molecule has 0 unspecified atom stereocenters. The van der Waals surface area contributed by atoms with Crippen molar-refractivity contribution in [1.29, 1.82) is 0 Å². The molecule has 2 aliphatic heterocycles. The Morgan fingerprint density at radius 1 is 1.15 bits per heavy atom. The van der Waals surface area contributed by atoms with Crippen molar-refractivity contribution in [3.05, 3.63) is 0 Å². The van der Waals surface area contributed by atoms with Gasteiger partial charge in [0.1, 0.15) is 0 Å². The van der Waals surface area contributed by atoms with Crippen LogP contribution >= 0.6 is 0 Å². The molecule has 0 aromatic heterocycles. The van der Waals surface area contributed by atoms with Gasteiger partial charge in [-0.15, -0.1) is 0 Å². The number of hydrogen-bond donors (Lipinski definition) is 1. The summed E-state index contributed by atoms with van der Waals surface area (Å²) in [6.45, 7) is 7.89. The molecule has 0 bridgehead atoms. The molecule has 0 radical (unpaired) electrons. The third kappa shape index (κ3) is 2.93. The summed E-state index contributed by atoms with van der Waals surface area (Å²) in [6, 6.07) is 0. The lowest BCUT2D eigenvalue weighted by Gasteiger charge is -2.32. The van der Waals surface area contributed by atoms with Gasteiger partial charge in [-0.1, -0.05) is 0 Å². The zero-order chi connectivity index (χ0) is 8.93. The van der Waals surface area contributed by atoms with Gasteiger partial charge in [-0.3, -0.25) is 4.90 Å². The zero-order valence-electron chi connectivity index (χ0n) is 8.30. The van der Waals surface area contributed by atoms with Crippen LogP contribution in [0, 0.1) is 5.92 Å². The summed E-state index contributed by atoms with van der Waals surface area (Å²) in [7, 11) is 0. The van der Waals surface area contributed by atoms with E-state index in [1.807, 2.05) is 0 Å². The van der Waals surface area contributed by atoms with Gasteiger partial charge in [-0.05, 0) is 31.8 Å². The smallest absolute Gasteiger partial charge is 0.0594 e. The Labute approximate surface area is 80.4 Å². The van der Waals surface area contributed by atoms with E-state index in [-0.39, 0.29) is 0 Å². The minimum absolute atomic E-state index is 0.930. The van der Waals surface area contributed by atoms with E-state index in [2.05, 4.69) is 10.2 Å². The standard InChI is InChI=1S/C10H20N2O/c1-3-11-4-2-10(1)9-12-5-7-13-8-6-12/h10-11H,1-9H2. The molecule has 2 aliphatic rings. The van der Waals surface area contributed by atoms with Gasteiger partial charge in [0.05, 0.1) is 13.2 Å². The molecule has 2 fully saturated rings. The summed E-state index contributed by atoms with van der Waals surface area (Å²) < 4.78 is 5.33. The maximum atomic E-state index is 5.33. The second-order valence-corrected chi connectivity index (χ2v) is 4.11. The Kier molecular flexibility index (Phi) is 3.58. The zero-order valence-corrected chi connectivity index (χ0v) is 8.30. The maximum Gasteiger partial charge on any atom is 0.0594 e. The van der Waals surface area contributed by atoms with Crippen molar-refractivity contribution in [1.82, 2.24) is 10.2 Å². The van der Waals surface area contributed by atoms with Gasteiger partial charge < -0.3 is 10.1 Å². The first-order valence-corrected chi connectivity index (χ1v) is 5.46. The maximum absolute atomic E-state index is 5.33. The molecule has 2 rings (SSSR count). The fraction of sp³-hybridized carbons (Fsp3) is 1.00. The largest absolute Gasteiger partial charge is 0.379 e. The van der Waals surface area contributed by atoms with E-state index in [1.165, 1.54) is 32.5 Å². The topological polar surface area (TPSA) is 24.5 Å². The summed E-state index contributed by atoms with van der Waals surface area (Å²) in [5.41, 5.74) is 0. The minimum atomic E-state index is 0.930. The molecular formula is C10H20N2O. The van der Waals surface area contributed by atoms with Crippen LogP contribution in [0.25, 0.3) is 0 Å². The second-order valence-electron chi connectivity index (χ2n) is 4.11. The summed E-state index contributed by atoms with van der Waals surface area (Å²) in [4.78, 5) is 2.56. The lowest BCUT2D eigenvalue weighted by molar-refractivity contribution is 0.0284. The highest BCUT2D eigenvalue weighted by molar-refractivity contribution is 4.73. The molecule has 0 amide bonds. The summed E-state index contributed by atoms with van der Waals surface area (Å²) in [5, 5.41) is 3.41. The number of piperidine rings is 1. The quantitative estimate of drug-likeness (QED) is 0.669. The van der Waals surface area contributed by atoms with Gasteiger partial charge in [0.25, 0.3) is 0 Å². The third-order valence-electron chi connectivity index (χ3n) is 3.08. The molecule has 3 nitrogen and oxygen atoms in total. The molecule has 2 heterocycles. The van der Waals surface area contributed by atoms with Gasteiger partial charge in [-0.2, -0.15) is 0 Å². The number of hydrogen-bond acceptors (Lipinski definition) is 3. The SMILES string of the molecule is C1CC(CN2CCOCC2)CCN1. The molecule has 0 aliphatic carbocycles. The minimum Gasteiger partial charge on any atom is -0.379 e. The van der Waals surface area contributed by atoms with E-state index >= 15 is 0 Å². The van der Waals surface area contributed by atoms with E-state index < -0.39 is 0 Å². The molecule has 0 saturated carbocycles. The average molecular weight is 184 g/mol. The molecule has 0 aromatic rings. The van der Waals surface area contributed by atoms with Gasteiger partial charge in [-0.25, -0.2) is 0 Å². The van der Waals surface area contributed by atoms with Crippen molar-refractivity contribution in [3.8, 4) is 0 Å². The Balaban J connectivity index is 1.69. The Hall–Kier alpha value is -0.120. The molecule has 0 aromatic carbocycles. The summed E-state index contributed by atoms with van der Waals surface area (Å²) in [6.07, 6.45) is 2.72. The fourth-order valence-electron chi connectivity index (χ4n) is 2.21. The van der Waals surface area contributed by atoms with Crippen molar-refractivity contribution in [2.45, 2.75) is 12.8 Å². The van der Waals surface area contributed by atoms with Crippen molar-refractivity contribution >= 4 is 0 Å². The van der Waals surface area contributed by atoms with Crippen LogP contribution in [0.15, 0.2) is 0 Å². The molecule has 1 N–H and O–H groups in total. The summed E-state index contributed by atoms with van der Waals surface area (Å²) >= 11 is 0. The molecule has 0 atom stereocenters.